The zero-order valence-corrected chi connectivity index (χ0v) is 17.0. The number of imide groups is 1. The Hall–Kier alpha value is -4.33. The fourth-order valence-corrected chi connectivity index (χ4v) is 5.91. The minimum Gasteiger partial charge on any atom is -0.478 e. The van der Waals surface area contributed by atoms with E-state index in [4.69, 9.17) is 0 Å². The zero-order chi connectivity index (χ0) is 23.0. The molecular formula is C25H16N2O6. The Balaban J connectivity index is 1.57. The molecular weight excluding hydrogens is 424 g/mol. The van der Waals surface area contributed by atoms with Crippen molar-refractivity contribution in [2.24, 2.45) is 11.8 Å². The van der Waals surface area contributed by atoms with E-state index in [-0.39, 0.29) is 28.8 Å². The fourth-order valence-electron chi connectivity index (χ4n) is 5.91. The predicted octanol–water partition coefficient (Wildman–Crippen LogP) is 3.69. The predicted molar refractivity (Wildman–Crippen MR) is 116 cm³/mol. The number of anilines is 1. The van der Waals surface area contributed by atoms with Gasteiger partial charge in [-0.25, -0.2) is 9.69 Å². The van der Waals surface area contributed by atoms with Crippen molar-refractivity contribution in [3.8, 4) is 0 Å². The van der Waals surface area contributed by atoms with Gasteiger partial charge in [-0.05, 0) is 28.3 Å². The van der Waals surface area contributed by atoms with Crippen LogP contribution in [0.5, 0.6) is 0 Å². The van der Waals surface area contributed by atoms with E-state index in [0.29, 0.717) is 0 Å². The summed E-state index contributed by atoms with van der Waals surface area (Å²) < 4.78 is 0. The topological polar surface area (TPSA) is 118 Å². The van der Waals surface area contributed by atoms with Crippen LogP contribution in [-0.4, -0.2) is 27.8 Å². The highest BCUT2D eigenvalue weighted by Gasteiger charge is 2.62. The highest BCUT2D eigenvalue weighted by atomic mass is 16.6. The van der Waals surface area contributed by atoms with E-state index >= 15 is 0 Å². The zero-order valence-electron chi connectivity index (χ0n) is 17.0. The first-order chi connectivity index (χ1) is 15.9. The van der Waals surface area contributed by atoms with Crippen LogP contribution >= 0.6 is 0 Å². The molecule has 0 aromatic heterocycles. The molecule has 1 saturated heterocycles. The molecule has 33 heavy (non-hydrogen) atoms. The van der Waals surface area contributed by atoms with Gasteiger partial charge in [0.15, 0.2) is 0 Å². The quantitative estimate of drug-likeness (QED) is 0.377. The van der Waals surface area contributed by atoms with E-state index in [9.17, 15) is 29.6 Å². The lowest BCUT2D eigenvalue weighted by molar-refractivity contribution is -0.384. The molecule has 2 atom stereocenters. The number of amides is 2. The summed E-state index contributed by atoms with van der Waals surface area (Å²) >= 11 is 0. The van der Waals surface area contributed by atoms with Crippen molar-refractivity contribution < 1.29 is 24.4 Å². The van der Waals surface area contributed by atoms with Crippen molar-refractivity contribution in [3.05, 3.63) is 105 Å². The molecule has 2 amide bonds. The second kappa shape index (κ2) is 6.59. The fraction of sp³-hybridized carbons (Fsp3) is 0.160. The van der Waals surface area contributed by atoms with Gasteiger partial charge in [-0.2, -0.15) is 0 Å². The molecule has 7 rings (SSSR count). The largest absolute Gasteiger partial charge is 0.478 e. The smallest absolute Gasteiger partial charge is 0.337 e. The average molecular weight is 440 g/mol. The van der Waals surface area contributed by atoms with Crippen LogP contribution in [0.3, 0.4) is 0 Å². The summed E-state index contributed by atoms with van der Waals surface area (Å²) in [4.78, 5) is 50.9. The van der Waals surface area contributed by atoms with E-state index in [1.165, 1.54) is 0 Å². The van der Waals surface area contributed by atoms with Crippen LogP contribution in [0.15, 0.2) is 66.7 Å². The molecule has 1 fully saturated rings. The number of nitrogens with zero attached hydrogens (tertiary/aromatic N) is 2. The molecule has 0 saturated carbocycles. The molecule has 8 nitrogen and oxygen atoms in total. The number of carboxylic acid groups (broad SMARTS) is 1. The van der Waals surface area contributed by atoms with Crippen LogP contribution in [0.4, 0.5) is 11.4 Å². The van der Waals surface area contributed by atoms with Gasteiger partial charge in [0, 0.05) is 24.0 Å². The standard InChI is InChI=1S/C25H16N2O6/c28-23-21-19-13-5-1-2-6-14(13)20(16-8-4-3-7-15(16)19)22(21)24(29)26(23)18-11-12(27(32)33)9-10-17(18)25(30)31/h1-11,19-22H,(H,30,31). The number of carboxylic acids is 1. The number of rotatable bonds is 3. The van der Waals surface area contributed by atoms with Gasteiger partial charge in [-0.3, -0.25) is 19.7 Å². The van der Waals surface area contributed by atoms with Gasteiger partial charge in [-0.15, -0.1) is 0 Å². The maximum absolute atomic E-state index is 13.8. The summed E-state index contributed by atoms with van der Waals surface area (Å²) in [7, 11) is 0. The SMILES string of the molecule is O=C(O)c1ccc([N+](=O)[O-])cc1N1C(=O)C2C3c4ccccc4C(c4ccccc43)C2C1=O. The summed E-state index contributed by atoms with van der Waals surface area (Å²) in [5.74, 6) is -4.51. The summed E-state index contributed by atoms with van der Waals surface area (Å²) in [6.45, 7) is 0. The van der Waals surface area contributed by atoms with Crippen LogP contribution in [0.1, 0.15) is 44.4 Å². The number of carbonyl (C=O) groups excluding carboxylic acids is 2. The first-order valence-corrected chi connectivity index (χ1v) is 10.5. The third-order valence-corrected chi connectivity index (χ3v) is 7.11. The number of benzene rings is 3. The van der Waals surface area contributed by atoms with Gasteiger partial charge in [0.25, 0.3) is 5.69 Å². The summed E-state index contributed by atoms with van der Waals surface area (Å²) in [6, 6.07) is 18.6. The van der Waals surface area contributed by atoms with Crippen molar-refractivity contribution in [2.75, 3.05) is 4.90 Å². The maximum atomic E-state index is 13.8. The normalized spacial score (nSPS) is 24.3. The van der Waals surface area contributed by atoms with E-state index < -0.39 is 34.5 Å². The number of nitro benzene ring substituents is 1. The molecule has 4 aliphatic rings. The second-order valence-electron chi connectivity index (χ2n) is 8.54. The lowest BCUT2D eigenvalue weighted by atomic mass is 9.55. The maximum Gasteiger partial charge on any atom is 0.337 e. The van der Waals surface area contributed by atoms with Crippen LogP contribution < -0.4 is 4.90 Å². The molecule has 2 bridgehead atoms. The van der Waals surface area contributed by atoms with Crippen molar-refractivity contribution in [3.63, 3.8) is 0 Å². The molecule has 0 spiro atoms. The molecule has 162 valence electrons. The van der Waals surface area contributed by atoms with Gasteiger partial charge >= 0.3 is 5.97 Å². The minimum atomic E-state index is -1.37. The Morgan fingerprint density at radius 3 is 1.67 bits per heavy atom. The first-order valence-electron chi connectivity index (χ1n) is 10.5. The molecule has 3 aromatic rings. The summed E-state index contributed by atoms with van der Waals surface area (Å²) in [5.41, 5.74) is 2.98. The van der Waals surface area contributed by atoms with Crippen LogP contribution in [-0.2, 0) is 9.59 Å². The van der Waals surface area contributed by atoms with Gasteiger partial charge < -0.3 is 5.11 Å². The van der Waals surface area contributed by atoms with E-state index in [2.05, 4.69) is 0 Å². The molecule has 0 radical (unpaired) electrons. The lowest BCUT2D eigenvalue weighted by Gasteiger charge is -2.45. The number of carbonyl (C=O) groups is 3. The summed E-state index contributed by atoms with van der Waals surface area (Å²) in [5, 5.41) is 21.0. The van der Waals surface area contributed by atoms with Crippen molar-refractivity contribution >= 4 is 29.2 Å². The second-order valence-corrected chi connectivity index (χ2v) is 8.54. The van der Waals surface area contributed by atoms with Crippen LogP contribution in [0.2, 0.25) is 0 Å². The van der Waals surface area contributed by atoms with Crippen molar-refractivity contribution in [2.45, 2.75) is 11.8 Å². The Morgan fingerprint density at radius 1 is 0.818 bits per heavy atom. The lowest BCUT2D eigenvalue weighted by Crippen LogP contribution is -2.41. The average Bonchev–Trinajstić information content (AvgIpc) is 3.09. The van der Waals surface area contributed by atoms with Gasteiger partial charge in [0.2, 0.25) is 11.8 Å². The molecule has 1 heterocycles. The van der Waals surface area contributed by atoms with Gasteiger partial charge in [-0.1, -0.05) is 48.5 Å². The molecule has 1 aliphatic heterocycles. The molecule has 3 aliphatic carbocycles. The van der Waals surface area contributed by atoms with E-state index in [0.717, 1.165) is 45.4 Å². The Bertz CT molecular complexity index is 1300. The number of hydrogen-bond donors (Lipinski definition) is 1. The molecule has 8 heteroatoms. The number of hydrogen-bond acceptors (Lipinski definition) is 5. The van der Waals surface area contributed by atoms with Gasteiger partial charge in [0.05, 0.1) is 28.0 Å². The minimum absolute atomic E-state index is 0.256. The molecule has 2 unspecified atom stereocenters. The van der Waals surface area contributed by atoms with Crippen LogP contribution in [0.25, 0.3) is 0 Å². The third kappa shape index (κ3) is 2.43. The first kappa shape index (κ1) is 19.4. The Labute approximate surface area is 187 Å². The number of nitro groups is 1. The monoisotopic (exact) mass is 440 g/mol. The Morgan fingerprint density at radius 2 is 1.27 bits per heavy atom. The molecule has 3 aromatic carbocycles. The highest BCUT2D eigenvalue weighted by Crippen LogP contribution is 2.61. The van der Waals surface area contributed by atoms with Crippen molar-refractivity contribution in [1.82, 2.24) is 0 Å². The number of aromatic carboxylic acids is 1. The van der Waals surface area contributed by atoms with Crippen molar-refractivity contribution in [1.29, 1.82) is 0 Å². The Kier molecular flexibility index (Phi) is 3.86. The van der Waals surface area contributed by atoms with E-state index in [1.807, 2.05) is 48.5 Å². The third-order valence-electron chi connectivity index (χ3n) is 7.11. The highest BCUT2D eigenvalue weighted by molar-refractivity contribution is 6.25. The van der Waals surface area contributed by atoms with E-state index in [1.54, 1.807) is 0 Å². The van der Waals surface area contributed by atoms with Crippen LogP contribution in [0, 0.1) is 22.0 Å². The van der Waals surface area contributed by atoms with Gasteiger partial charge in [0.1, 0.15) is 0 Å². The number of non-ortho nitro benzene ring substituents is 1. The summed E-state index contributed by atoms with van der Waals surface area (Å²) in [6.07, 6.45) is 0. The molecule has 1 N–H and O–H groups in total.